The fourth-order valence-electron chi connectivity index (χ4n) is 1.42. The van der Waals surface area contributed by atoms with Crippen molar-refractivity contribution in [2.75, 3.05) is 31.7 Å². The molecule has 8 nitrogen and oxygen atoms in total. The molecule has 1 aromatic heterocycles. The molecule has 0 fully saturated rings. The zero-order chi connectivity index (χ0) is 14.3. The first-order valence-electron chi connectivity index (χ1n) is 5.53. The Bertz CT molecular complexity index is 490. The molecule has 19 heavy (non-hydrogen) atoms. The number of hydrogen-bond donors (Lipinski definition) is 3. The normalized spacial score (nSPS) is 11.6. The topological polar surface area (TPSA) is 117 Å². The minimum Gasteiger partial charge on any atom is -0.409 e. The van der Waals surface area contributed by atoms with Gasteiger partial charge in [0.25, 0.3) is 5.56 Å². The van der Waals surface area contributed by atoms with Crippen LogP contribution in [0.15, 0.2) is 16.3 Å². The maximum Gasteiger partial charge on any atom is 0.271 e. The maximum absolute atomic E-state index is 11.4. The Balaban J connectivity index is 2.89. The van der Waals surface area contributed by atoms with Crippen LogP contribution in [-0.2, 0) is 4.74 Å². The van der Waals surface area contributed by atoms with Crippen LogP contribution in [0.25, 0.3) is 0 Å². The van der Waals surface area contributed by atoms with Crippen molar-refractivity contribution >= 4 is 23.3 Å². The van der Waals surface area contributed by atoms with E-state index in [2.05, 4.69) is 15.1 Å². The number of ether oxygens (including phenoxy) is 1. The van der Waals surface area contributed by atoms with Gasteiger partial charge in [0.15, 0.2) is 5.82 Å². The van der Waals surface area contributed by atoms with Gasteiger partial charge in [-0.2, -0.15) is 0 Å². The van der Waals surface area contributed by atoms with Crippen molar-refractivity contribution in [2.45, 2.75) is 6.42 Å². The van der Waals surface area contributed by atoms with E-state index >= 15 is 0 Å². The third-order valence-electron chi connectivity index (χ3n) is 2.41. The number of hydrogen-bond acceptors (Lipinski definition) is 6. The lowest BCUT2D eigenvalue weighted by Crippen LogP contribution is -2.33. The Morgan fingerprint density at radius 2 is 2.42 bits per heavy atom. The predicted octanol–water partition coefficient (Wildman–Crippen LogP) is 0.0126. The van der Waals surface area contributed by atoms with E-state index in [1.54, 1.807) is 12.0 Å². The number of nitrogens with two attached hydrogens (primary N) is 1. The van der Waals surface area contributed by atoms with Crippen LogP contribution in [-0.4, -0.2) is 47.8 Å². The second-order valence-corrected chi connectivity index (χ2v) is 4.07. The first kappa shape index (κ1) is 15.3. The summed E-state index contributed by atoms with van der Waals surface area (Å²) < 4.78 is 4.99. The molecule has 0 aliphatic carbocycles. The molecule has 0 radical (unpaired) electrons. The second kappa shape index (κ2) is 7.59. The zero-order valence-electron chi connectivity index (χ0n) is 10.5. The lowest BCUT2D eigenvalue weighted by molar-refractivity contribution is 0.205. The number of aromatic nitrogens is 2. The van der Waals surface area contributed by atoms with Crippen molar-refractivity contribution < 1.29 is 9.94 Å². The highest BCUT2D eigenvalue weighted by Gasteiger charge is 2.14. The van der Waals surface area contributed by atoms with Crippen molar-refractivity contribution in [3.05, 3.63) is 21.7 Å². The quantitative estimate of drug-likeness (QED) is 0.282. The van der Waals surface area contributed by atoms with Crippen molar-refractivity contribution in [3.8, 4) is 0 Å². The number of anilines is 1. The van der Waals surface area contributed by atoms with Gasteiger partial charge in [0.2, 0.25) is 0 Å². The number of oxime groups is 1. The molecule has 0 aliphatic rings. The van der Waals surface area contributed by atoms with Crippen LogP contribution < -0.4 is 16.2 Å². The van der Waals surface area contributed by atoms with Crippen molar-refractivity contribution in [1.29, 1.82) is 0 Å². The van der Waals surface area contributed by atoms with Crippen molar-refractivity contribution in [3.63, 3.8) is 0 Å². The standard InChI is InChI=1S/C10H16ClN5O3/c1-19-5-4-16(3-2-7(12)15-18)9-8(11)10(17)14-6-13-9/h6,18H,2-5H2,1H3,(H2,12,15)(H,13,14,17). The van der Waals surface area contributed by atoms with E-state index < -0.39 is 5.56 Å². The molecule has 9 heteroatoms. The predicted molar refractivity (Wildman–Crippen MR) is 72.0 cm³/mol. The monoisotopic (exact) mass is 289 g/mol. The summed E-state index contributed by atoms with van der Waals surface area (Å²) in [6.07, 6.45) is 1.58. The molecule has 1 heterocycles. The Morgan fingerprint density at radius 3 is 3.05 bits per heavy atom. The van der Waals surface area contributed by atoms with Gasteiger partial charge in [-0.15, -0.1) is 0 Å². The van der Waals surface area contributed by atoms with E-state index in [-0.39, 0.29) is 10.9 Å². The molecule has 0 aliphatic heterocycles. The second-order valence-electron chi connectivity index (χ2n) is 3.69. The zero-order valence-corrected chi connectivity index (χ0v) is 11.2. The third kappa shape index (κ3) is 4.42. The van der Waals surface area contributed by atoms with E-state index in [1.165, 1.54) is 6.33 Å². The molecule has 0 amide bonds. The summed E-state index contributed by atoms with van der Waals surface area (Å²) in [5.41, 5.74) is 5.00. The van der Waals surface area contributed by atoms with Gasteiger partial charge in [-0.25, -0.2) is 4.98 Å². The number of rotatable bonds is 7. The molecule has 0 atom stereocenters. The first-order chi connectivity index (χ1) is 9.10. The Hall–Kier alpha value is -1.80. The Kier molecular flexibility index (Phi) is 6.10. The van der Waals surface area contributed by atoms with Gasteiger partial charge >= 0.3 is 0 Å². The van der Waals surface area contributed by atoms with Gasteiger partial charge in [0, 0.05) is 26.6 Å². The van der Waals surface area contributed by atoms with Crippen LogP contribution in [0, 0.1) is 0 Å². The number of aromatic amines is 1. The van der Waals surface area contributed by atoms with E-state index in [9.17, 15) is 4.79 Å². The molecule has 0 saturated carbocycles. The Morgan fingerprint density at radius 1 is 1.68 bits per heavy atom. The summed E-state index contributed by atoms with van der Waals surface area (Å²) in [7, 11) is 1.56. The number of nitrogens with zero attached hydrogens (tertiary/aromatic N) is 3. The molecule has 1 rings (SSSR count). The van der Waals surface area contributed by atoms with Gasteiger partial charge in [0.1, 0.15) is 10.9 Å². The molecule has 4 N–H and O–H groups in total. The summed E-state index contributed by atoms with van der Waals surface area (Å²) in [5, 5.41) is 11.4. The molecular weight excluding hydrogens is 274 g/mol. The van der Waals surface area contributed by atoms with Crippen LogP contribution in [0.4, 0.5) is 5.82 Å². The summed E-state index contributed by atoms with van der Waals surface area (Å²) in [5.74, 6) is 0.427. The van der Waals surface area contributed by atoms with Crippen molar-refractivity contribution in [1.82, 2.24) is 9.97 Å². The summed E-state index contributed by atoms with van der Waals surface area (Å²) in [6, 6.07) is 0. The lowest BCUT2D eigenvalue weighted by Gasteiger charge is -2.23. The number of amidine groups is 1. The number of methoxy groups -OCH3 is 1. The van der Waals surface area contributed by atoms with Gasteiger partial charge in [0.05, 0.1) is 12.9 Å². The maximum atomic E-state index is 11.4. The fraction of sp³-hybridized carbons (Fsp3) is 0.500. The summed E-state index contributed by atoms with van der Waals surface area (Å²) in [4.78, 5) is 19.6. The highest BCUT2D eigenvalue weighted by atomic mass is 35.5. The van der Waals surface area contributed by atoms with Crippen LogP contribution in [0.1, 0.15) is 6.42 Å². The van der Waals surface area contributed by atoms with Crippen molar-refractivity contribution in [2.24, 2.45) is 10.9 Å². The van der Waals surface area contributed by atoms with Crippen LogP contribution in [0.2, 0.25) is 5.02 Å². The Labute approximate surface area is 114 Å². The van der Waals surface area contributed by atoms with E-state index in [0.29, 0.717) is 31.9 Å². The highest BCUT2D eigenvalue weighted by Crippen LogP contribution is 2.18. The van der Waals surface area contributed by atoms with Gasteiger partial charge < -0.3 is 25.6 Å². The smallest absolute Gasteiger partial charge is 0.271 e. The van der Waals surface area contributed by atoms with Crippen LogP contribution >= 0.6 is 11.6 Å². The number of nitrogens with one attached hydrogen (secondary N) is 1. The van der Waals surface area contributed by atoms with E-state index in [1.807, 2.05) is 0 Å². The highest BCUT2D eigenvalue weighted by molar-refractivity contribution is 6.32. The molecule has 106 valence electrons. The lowest BCUT2D eigenvalue weighted by atomic mass is 10.3. The minimum atomic E-state index is -0.419. The van der Waals surface area contributed by atoms with E-state index in [0.717, 1.165) is 0 Å². The molecule has 0 aromatic carbocycles. The summed E-state index contributed by atoms with van der Waals surface area (Å²) in [6.45, 7) is 1.31. The minimum absolute atomic E-state index is 0.00175. The molecule has 0 saturated heterocycles. The number of halogens is 1. The molecular formula is C10H16ClN5O3. The molecule has 1 aromatic rings. The largest absolute Gasteiger partial charge is 0.409 e. The van der Waals surface area contributed by atoms with E-state index in [4.69, 9.17) is 27.3 Å². The average Bonchev–Trinajstić information content (AvgIpc) is 2.42. The van der Waals surface area contributed by atoms with Crippen LogP contribution in [0.3, 0.4) is 0 Å². The first-order valence-corrected chi connectivity index (χ1v) is 5.91. The van der Waals surface area contributed by atoms with Crippen LogP contribution in [0.5, 0.6) is 0 Å². The SMILES string of the molecule is COCCN(CCC(N)=NO)c1nc[nH]c(=O)c1Cl. The van der Waals surface area contributed by atoms with Gasteiger partial charge in [-0.3, -0.25) is 4.79 Å². The number of H-pyrrole nitrogens is 1. The average molecular weight is 290 g/mol. The third-order valence-corrected chi connectivity index (χ3v) is 2.75. The fourth-order valence-corrected chi connectivity index (χ4v) is 1.64. The van der Waals surface area contributed by atoms with Gasteiger partial charge in [-0.1, -0.05) is 16.8 Å². The molecule has 0 unspecified atom stereocenters. The summed E-state index contributed by atoms with van der Waals surface area (Å²) >= 11 is 5.92. The van der Waals surface area contributed by atoms with Gasteiger partial charge in [-0.05, 0) is 0 Å². The molecule has 0 bridgehead atoms. The molecule has 0 spiro atoms.